The molecule has 3 rings (SSSR count). The SMILES string of the molecule is Cc1ccc(S(=O)(=O)N2Cc3cnc(N)nc3C2)cc1Cl. The Kier molecular flexibility index (Phi) is 3.35. The van der Waals surface area contributed by atoms with Gasteiger partial charge in [-0.3, -0.25) is 0 Å². The smallest absolute Gasteiger partial charge is 0.243 e. The van der Waals surface area contributed by atoms with Crippen molar-refractivity contribution in [3.05, 3.63) is 46.2 Å². The molecule has 0 saturated heterocycles. The van der Waals surface area contributed by atoms with E-state index in [9.17, 15) is 8.42 Å². The number of halogens is 1. The van der Waals surface area contributed by atoms with Gasteiger partial charge in [-0.2, -0.15) is 4.31 Å². The Morgan fingerprint density at radius 2 is 2.10 bits per heavy atom. The van der Waals surface area contributed by atoms with Crippen LogP contribution in [0.1, 0.15) is 16.8 Å². The van der Waals surface area contributed by atoms with Crippen molar-refractivity contribution in [1.29, 1.82) is 0 Å². The second kappa shape index (κ2) is 4.94. The highest BCUT2D eigenvalue weighted by atomic mass is 35.5. The van der Waals surface area contributed by atoms with Crippen molar-refractivity contribution in [1.82, 2.24) is 14.3 Å². The first kappa shape index (κ1) is 14.2. The van der Waals surface area contributed by atoms with Gasteiger partial charge in [-0.1, -0.05) is 17.7 Å². The van der Waals surface area contributed by atoms with E-state index < -0.39 is 10.0 Å². The zero-order valence-corrected chi connectivity index (χ0v) is 12.8. The van der Waals surface area contributed by atoms with Crippen molar-refractivity contribution in [2.24, 2.45) is 0 Å². The third-order valence-electron chi connectivity index (χ3n) is 3.43. The summed E-state index contributed by atoms with van der Waals surface area (Å²) in [6.45, 7) is 2.25. The van der Waals surface area contributed by atoms with Crippen molar-refractivity contribution in [2.75, 3.05) is 5.73 Å². The van der Waals surface area contributed by atoms with E-state index >= 15 is 0 Å². The molecule has 6 nitrogen and oxygen atoms in total. The molecule has 2 N–H and O–H groups in total. The van der Waals surface area contributed by atoms with Gasteiger partial charge in [0, 0.05) is 23.3 Å². The lowest BCUT2D eigenvalue weighted by Gasteiger charge is -2.15. The van der Waals surface area contributed by atoms with Crippen molar-refractivity contribution in [2.45, 2.75) is 24.9 Å². The molecule has 0 amide bonds. The lowest BCUT2D eigenvalue weighted by atomic mass is 10.2. The van der Waals surface area contributed by atoms with Gasteiger partial charge in [0.1, 0.15) is 0 Å². The fraction of sp³-hybridized carbons (Fsp3) is 0.231. The number of hydrogen-bond acceptors (Lipinski definition) is 5. The third kappa shape index (κ3) is 2.48. The van der Waals surface area contributed by atoms with Gasteiger partial charge in [0.05, 0.1) is 17.1 Å². The number of nitrogen functional groups attached to an aromatic ring is 1. The number of fused-ring (bicyclic) bond motifs is 1. The van der Waals surface area contributed by atoms with Crippen LogP contribution in [0.3, 0.4) is 0 Å². The highest BCUT2D eigenvalue weighted by Gasteiger charge is 2.32. The van der Waals surface area contributed by atoms with Gasteiger partial charge < -0.3 is 5.73 Å². The fourth-order valence-corrected chi connectivity index (χ4v) is 3.84. The highest BCUT2D eigenvalue weighted by molar-refractivity contribution is 7.89. The van der Waals surface area contributed by atoms with Gasteiger partial charge in [0.2, 0.25) is 16.0 Å². The summed E-state index contributed by atoms with van der Waals surface area (Å²) in [7, 11) is -3.62. The van der Waals surface area contributed by atoms with Gasteiger partial charge >= 0.3 is 0 Å². The van der Waals surface area contributed by atoms with Crippen LogP contribution >= 0.6 is 11.6 Å². The average molecular weight is 325 g/mol. The van der Waals surface area contributed by atoms with Crippen molar-refractivity contribution in [3.63, 3.8) is 0 Å². The Hall–Kier alpha value is -1.70. The van der Waals surface area contributed by atoms with Crippen LogP contribution in [0.2, 0.25) is 5.02 Å². The van der Waals surface area contributed by atoms with E-state index in [4.69, 9.17) is 17.3 Å². The molecule has 8 heteroatoms. The first-order chi connectivity index (χ1) is 9.88. The van der Waals surface area contributed by atoms with Crippen LogP contribution in [0.4, 0.5) is 5.95 Å². The van der Waals surface area contributed by atoms with E-state index in [1.807, 2.05) is 6.92 Å². The van der Waals surface area contributed by atoms with E-state index in [0.29, 0.717) is 10.7 Å². The van der Waals surface area contributed by atoms with E-state index in [1.54, 1.807) is 18.3 Å². The van der Waals surface area contributed by atoms with Gasteiger partial charge in [-0.25, -0.2) is 18.4 Å². The molecule has 2 aromatic rings. The van der Waals surface area contributed by atoms with Crippen LogP contribution in [0.5, 0.6) is 0 Å². The summed E-state index contributed by atoms with van der Waals surface area (Å²) < 4.78 is 26.6. The van der Waals surface area contributed by atoms with Crippen molar-refractivity contribution < 1.29 is 8.42 Å². The number of nitrogens with two attached hydrogens (primary N) is 1. The largest absolute Gasteiger partial charge is 0.368 e. The Morgan fingerprint density at radius 3 is 2.81 bits per heavy atom. The molecule has 0 aliphatic carbocycles. The minimum atomic E-state index is -3.62. The summed E-state index contributed by atoms with van der Waals surface area (Å²) in [6.07, 6.45) is 1.56. The van der Waals surface area contributed by atoms with Crippen LogP contribution in [0.15, 0.2) is 29.3 Å². The van der Waals surface area contributed by atoms with Crippen LogP contribution in [0.25, 0.3) is 0 Å². The molecule has 0 atom stereocenters. The molecule has 21 heavy (non-hydrogen) atoms. The van der Waals surface area contributed by atoms with Crippen LogP contribution in [-0.4, -0.2) is 22.7 Å². The Bertz CT molecular complexity index is 823. The number of nitrogens with zero attached hydrogens (tertiary/aromatic N) is 3. The molecule has 1 aromatic heterocycles. The summed E-state index contributed by atoms with van der Waals surface area (Å²) in [5.41, 5.74) is 7.77. The molecule has 1 aliphatic heterocycles. The molecule has 0 radical (unpaired) electrons. The number of benzene rings is 1. The minimum Gasteiger partial charge on any atom is -0.368 e. The van der Waals surface area contributed by atoms with E-state index in [1.165, 1.54) is 10.4 Å². The number of rotatable bonds is 2. The van der Waals surface area contributed by atoms with E-state index in [0.717, 1.165) is 11.1 Å². The summed E-state index contributed by atoms with van der Waals surface area (Å²) in [5, 5.41) is 0.428. The minimum absolute atomic E-state index is 0.145. The standard InChI is InChI=1S/C13H13ClN4O2S/c1-8-2-3-10(4-11(8)14)21(19,20)18-6-9-5-16-13(15)17-12(9)7-18/h2-5H,6-7H2,1H3,(H2,15,16,17). The lowest BCUT2D eigenvalue weighted by Crippen LogP contribution is -2.25. The van der Waals surface area contributed by atoms with Gasteiger partial charge in [-0.15, -0.1) is 0 Å². The summed E-state index contributed by atoms with van der Waals surface area (Å²) >= 11 is 6.01. The van der Waals surface area contributed by atoms with Gasteiger partial charge in [-0.05, 0) is 24.6 Å². The van der Waals surface area contributed by atoms with Gasteiger partial charge in [0.15, 0.2) is 0 Å². The maximum absolute atomic E-state index is 12.6. The zero-order chi connectivity index (χ0) is 15.2. The Balaban J connectivity index is 1.96. The topological polar surface area (TPSA) is 89.2 Å². The molecule has 0 saturated carbocycles. The highest BCUT2D eigenvalue weighted by Crippen LogP contribution is 2.29. The fourth-order valence-electron chi connectivity index (χ4n) is 2.19. The van der Waals surface area contributed by atoms with Crippen LogP contribution in [-0.2, 0) is 23.1 Å². The molecule has 0 fully saturated rings. The molecule has 110 valence electrons. The summed E-state index contributed by atoms with van der Waals surface area (Å²) in [6, 6.07) is 4.71. The first-order valence-corrected chi connectivity index (χ1v) is 8.06. The maximum Gasteiger partial charge on any atom is 0.243 e. The normalized spacial score (nSPS) is 15.1. The molecule has 2 heterocycles. The Labute approximate surface area is 127 Å². The third-order valence-corrected chi connectivity index (χ3v) is 5.62. The summed E-state index contributed by atoms with van der Waals surface area (Å²) in [4.78, 5) is 8.14. The van der Waals surface area contributed by atoms with Crippen molar-refractivity contribution in [3.8, 4) is 0 Å². The zero-order valence-electron chi connectivity index (χ0n) is 11.2. The molecule has 0 unspecified atom stereocenters. The number of anilines is 1. The molecular weight excluding hydrogens is 312 g/mol. The first-order valence-electron chi connectivity index (χ1n) is 6.24. The summed E-state index contributed by atoms with van der Waals surface area (Å²) in [5.74, 6) is 0.145. The number of aromatic nitrogens is 2. The quantitative estimate of drug-likeness (QED) is 0.908. The molecule has 1 aromatic carbocycles. The van der Waals surface area contributed by atoms with E-state index in [-0.39, 0.29) is 23.9 Å². The van der Waals surface area contributed by atoms with Crippen LogP contribution in [0, 0.1) is 6.92 Å². The second-order valence-electron chi connectivity index (χ2n) is 4.88. The van der Waals surface area contributed by atoms with E-state index in [2.05, 4.69) is 9.97 Å². The maximum atomic E-state index is 12.6. The average Bonchev–Trinajstić information content (AvgIpc) is 2.85. The Morgan fingerprint density at radius 1 is 1.33 bits per heavy atom. The molecular formula is C13H13ClN4O2S. The predicted octanol–water partition coefficient (Wildman–Crippen LogP) is 1.73. The van der Waals surface area contributed by atoms with Crippen molar-refractivity contribution >= 4 is 27.6 Å². The number of sulfonamides is 1. The number of hydrogen-bond donors (Lipinski definition) is 1. The molecule has 1 aliphatic rings. The predicted molar refractivity (Wildman–Crippen MR) is 79.1 cm³/mol. The molecule has 0 bridgehead atoms. The second-order valence-corrected chi connectivity index (χ2v) is 7.23. The lowest BCUT2D eigenvalue weighted by molar-refractivity contribution is 0.430. The number of aryl methyl sites for hydroxylation is 1. The van der Waals surface area contributed by atoms with Crippen LogP contribution < -0.4 is 5.73 Å². The monoisotopic (exact) mass is 324 g/mol. The van der Waals surface area contributed by atoms with Gasteiger partial charge in [0.25, 0.3) is 0 Å². The molecule has 0 spiro atoms.